The molecule has 0 aliphatic rings. The third-order valence-corrected chi connectivity index (χ3v) is 3.48. The van der Waals surface area contributed by atoms with Gasteiger partial charge in [0.05, 0.1) is 12.8 Å². The normalized spacial score (nSPS) is 10.2. The molecule has 0 spiro atoms. The molecule has 0 fully saturated rings. The number of hydrogen-bond donors (Lipinski definition) is 3. The van der Waals surface area contributed by atoms with Gasteiger partial charge in [-0.15, -0.1) is 0 Å². The number of nitrogens with zero attached hydrogens (tertiary/aromatic N) is 3. The van der Waals surface area contributed by atoms with Crippen LogP contribution in [0.5, 0.6) is 5.75 Å². The second kappa shape index (κ2) is 7.01. The first-order valence-corrected chi connectivity index (χ1v) is 7.43. The van der Waals surface area contributed by atoms with Crippen LogP contribution in [0.15, 0.2) is 49.1 Å². The lowest BCUT2D eigenvalue weighted by Gasteiger charge is -2.14. The summed E-state index contributed by atoms with van der Waals surface area (Å²) in [5.74, 6) is 1.56. The van der Waals surface area contributed by atoms with Gasteiger partial charge in [-0.05, 0) is 30.3 Å². The molecular weight excluding hydrogens is 328 g/mol. The minimum absolute atomic E-state index is 0.372. The molecule has 0 amide bonds. The van der Waals surface area contributed by atoms with Gasteiger partial charge in [-0.25, -0.2) is 9.97 Å². The second-order valence-electron chi connectivity index (χ2n) is 4.82. The average Bonchev–Trinajstić information content (AvgIpc) is 2.60. The largest absolute Gasteiger partial charge is 0.495 e. The van der Waals surface area contributed by atoms with Crippen LogP contribution < -0.4 is 21.1 Å². The van der Waals surface area contributed by atoms with Crippen LogP contribution in [-0.2, 0) is 0 Å². The number of halogens is 1. The summed E-state index contributed by atoms with van der Waals surface area (Å²) in [6, 6.07) is 8.87. The van der Waals surface area contributed by atoms with E-state index >= 15 is 0 Å². The molecule has 122 valence electrons. The van der Waals surface area contributed by atoms with Crippen LogP contribution in [0.4, 0.5) is 28.7 Å². The lowest BCUT2D eigenvalue weighted by molar-refractivity contribution is 0.417. The number of methoxy groups -OCH3 is 1. The van der Waals surface area contributed by atoms with Gasteiger partial charge in [0, 0.05) is 23.1 Å². The maximum Gasteiger partial charge on any atom is 0.159 e. The van der Waals surface area contributed by atoms with Crippen molar-refractivity contribution in [2.75, 3.05) is 23.5 Å². The Morgan fingerprint density at radius 1 is 1.04 bits per heavy atom. The molecule has 0 atom stereocenters. The van der Waals surface area contributed by atoms with Gasteiger partial charge in [0.15, 0.2) is 11.6 Å². The van der Waals surface area contributed by atoms with Gasteiger partial charge in [0.1, 0.15) is 17.8 Å². The summed E-state index contributed by atoms with van der Waals surface area (Å²) in [5, 5.41) is 6.82. The number of hydrogen-bond acceptors (Lipinski definition) is 7. The molecular formula is C16H15ClN6O. The number of nitrogen functional groups attached to an aromatic ring is 1. The Hall–Kier alpha value is -3.06. The SMILES string of the molecule is COc1ccc(Cl)cc1Nc1ncnc(Nc2ccncc2)c1N. The van der Waals surface area contributed by atoms with E-state index in [0.29, 0.717) is 33.8 Å². The van der Waals surface area contributed by atoms with E-state index in [2.05, 4.69) is 25.6 Å². The number of nitrogens with two attached hydrogens (primary N) is 1. The van der Waals surface area contributed by atoms with Crippen molar-refractivity contribution < 1.29 is 4.74 Å². The van der Waals surface area contributed by atoms with Gasteiger partial charge in [-0.2, -0.15) is 0 Å². The first-order chi connectivity index (χ1) is 11.7. The van der Waals surface area contributed by atoms with Crippen molar-refractivity contribution in [3.63, 3.8) is 0 Å². The van der Waals surface area contributed by atoms with Crippen molar-refractivity contribution in [1.29, 1.82) is 0 Å². The number of rotatable bonds is 5. The fourth-order valence-corrected chi connectivity index (χ4v) is 2.24. The molecule has 0 unspecified atom stereocenters. The number of anilines is 5. The van der Waals surface area contributed by atoms with Crippen LogP contribution in [0.25, 0.3) is 0 Å². The maximum absolute atomic E-state index is 6.17. The van der Waals surface area contributed by atoms with Crippen LogP contribution >= 0.6 is 11.6 Å². The molecule has 0 saturated carbocycles. The Morgan fingerprint density at radius 3 is 2.46 bits per heavy atom. The summed E-state index contributed by atoms with van der Waals surface area (Å²) < 4.78 is 5.31. The Morgan fingerprint density at radius 2 is 1.75 bits per heavy atom. The van der Waals surface area contributed by atoms with E-state index in [1.807, 2.05) is 12.1 Å². The zero-order valence-electron chi connectivity index (χ0n) is 12.8. The van der Waals surface area contributed by atoms with E-state index in [0.717, 1.165) is 5.69 Å². The highest BCUT2D eigenvalue weighted by atomic mass is 35.5. The van der Waals surface area contributed by atoms with E-state index in [9.17, 15) is 0 Å². The molecule has 2 heterocycles. The van der Waals surface area contributed by atoms with Gasteiger partial charge in [-0.1, -0.05) is 11.6 Å². The molecule has 24 heavy (non-hydrogen) atoms. The first kappa shape index (κ1) is 15.8. The summed E-state index contributed by atoms with van der Waals surface area (Å²) in [7, 11) is 1.58. The third kappa shape index (κ3) is 3.47. The van der Waals surface area contributed by atoms with E-state index in [-0.39, 0.29) is 0 Å². The van der Waals surface area contributed by atoms with Crippen LogP contribution in [0, 0.1) is 0 Å². The van der Waals surface area contributed by atoms with Crippen molar-refractivity contribution in [3.8, 4) is 5.75 Å². The van der Waals surface area contributed by atoms with Crippen LogP contribution in [0.1, 0.15) is 0 Å². The second-order valence-corrected chi connectivity index (χ2v) is 5.25. The lowest BCUT2D eigenvalue weighted by atomic mass is 10.3. The Balaban J connectivity index is 1.90. The van der Waals surface area contributed by atoms with E-state index in [1.54, 1.807) is 37.7 Å². The monoisotopic (exact) mass is 342 g/mol. The van der Waals surface area contributed by atoms with Crippen molar-refractivity contribution in [1.82, 2.24) is 15.0 Å². The predicted octanol–water partition coefficient (Wildman–Crippen LogP) is 3.60. The minimum atomic E-state index is 0.372. The van der Waals surface area contributed by atoms with Crippen LogP contribution in [-0.4, -0.2) is 22.1 Å². The van der Waals surface area contributed by atoms with E-state index < -0.39 is 0 Å². The molecule has 0 aliphatic heterocycles. The Labute approximate surface area is 143 Å². The van der Waals surface area contributed by atoms with Crippen molar-refractivity contribution in [3.05, 3.63) is 54.1 Å². The van der Waals surface area contributed by atoms with Crippen LogP contribution in [0.2, 0.25) is 5.02 Å². The molecule has 0 bridgehead atoms. The highest BCUT2D eigenvalue weighted by Crippen LogP contribution is 2.33. The van der Waals surface area contributed by atoms with Gasteiger partial charge in [-0.3, -0.25) is 4.98 Å². The fraction of sp³-hybridized carbons (Fsp3) is 0.0625. The highest BCUT2D eigenvalue weighted by Gasteiger charge is 2.11. The summed E-state index contributed by atoms with van der Waals surface area (Å²) in [5.41, 5.74) is 8.02. The Kier molecular flexibility index (Phi) is 4.62. The first-order valence-electron chi connectivity index (χ1n) is 7.05. The fourth-order valence-electron chi connectivity index (χ4n) is 2.07. The van der Waals surface area contributed by atoms with Gasteiger partial charge < -0.3 is 21.1 Å². The van der Waals surface area contributed by atoms with Gasteiger partial charge >= 0.3 is 0 Å². The van der Waals surface area contributed by atoms with Crippen LogP contribution in [0.3, 0.4) is 0 Å². The molecule has 0 saturated heterocycles. The molecule has 0 radical (unpaired) electrons. The molecule has 4 N–H and O–H groups in total. The highest BCUT2D eigenvalue weighted by molar-refractivity contribution is 6.31. The summed E-state index contributed by atoms with van der Waals surface area (Å²) in [6.45, 7) is 0. The van der Waals surface area contributed by atoms with E-state index in [1.165, 1.54) is 6.33 Å². The zero-order valence-corrected chi connectivity index (χ0v) is 13.6. The molecule has 3 aromatic rings. The average molecular weight is 343 g/mol. The smallest absolute Gasteiger partial charge is 0.159 e. The van der Waals surface area contributed by atoms with E-state index in [4.69, 9.17) is 22.1 Å². The zero-order chi connectivity index (χ0) is 16.9. The lowest BCUT2D eigenvalue weighted by Crippen LogP contribution is -2.05. The number of ether oxygens (including phenoxy) is 1. The van der Waals surface area contributed by atoms with Crippen molar-refractivity contribution in [2.24, 2.45) is 0 Å². The number of nitrogens with one attached hydrogen (secondary N) is 2. The molecule has 8 heteroatoms. The number of pyridine rings is 1. The van der Waals surface area contributed by atoms with Crippen molar-refractivity contribution in [2.45, 2.75) is 0 Å². The number of aromatic nitrogens is 3. The summed E-state index contributed by atoms with van der Waals surface area (Å²) in [4.78, 5) is 12.3. The van der Waals surface area contributed by atoms with Crippen molar-refractivity contribution >= 4 is 40.3 Å². The standard InChI is InChI=1S/C16H15ClN6O/c1-24-13-3-2-10(17)8-12(13)23-16-14(18)15(20-9-21-16)22-11-4-6-19-7-5-11/h2-9H,18H2,1H3,(H2,19,20,21,22,23). The van der Waals surface area contributed by atoms with Gasteiger partial charge in [0.25, 0.3) is 0 Å². The molecule has 7 nitrogen and oxygen atoms in total. The Bertz CT molecular complexity index is 843. The molecule has 1 aromatic carbocycles. The molecule has 3 rings (SSSR count). The van der Waals surface area contributed by atoms with Gasteiger partial charge in [0.2, 0.25) is 0 Å². The summed E-state index contributed by atoms with van der Waals surface area (Å²) in [6.07, 6.45) is 4.77. The minimum Gasteiger partial charge on any atom is -0.495 e. The number of benzene rings is 1. The summed E-state index contributed by atoms with van der Waals surface area (Å²) >= 11 is 6.04. The third-order valence-electron chi connectivity index (χ3n) is 3.24. The predicted molar refractivity (Wildman–Crippen MR) is 95.3 cm³/mol. The maximum atomic E-state index is 6.17. The quantitative estimate of drug-likeness (QED) is 0.651. The topological polar surface area (TPSA) is 98.0 Å². The molecule has 2 aromatic heterocycles. The molecule has 0 aliphatic carbocycles.